The fourth-order valence-corrected chi connectivity index (χ4v) is 2.49. The minimum absolute atomic E-state index is 0.0668. The normalized spacial score (nSPS) is 19.4. The number of aromatic amines is 1. The number of anilines is 1. The van der Waals surface area contributed by atoms with E-state index in [1.807, 2.05) is 14.0 Å². The molecule has 0 spiro atoms. The maximum Gasteiger partial charge on any atom is 0.227 e. The second kappa shape index (κ2) is 5.22. The molecule has 1 aliphatic rings. The zero-order valence-corrected chi connectivity index (χ0v) is 11.6. The Kier molecular flexibility index (Phi) is 3.41. The van der Waals surface area contributed by atoms with Crippen LogP contribution < -0.4 is 10.6 Å². The van der Waals surface area contributed by atoms with Gasteiger partial charge >= 0.3 is 0 Å². The van der Waals surface area contributed by atoms with Crippen molar-refractivity contribution in [3.63, 3.8) is 0 Å². The third-order valence-electron chi connectivity index (χ3n) is 3.41. The van der Waals surface area contributed by atoms with E-state index in [1.165, 1.54) is 0 Å². The number of H-pyrrole nitrogens is 1. The molecule has 0 saturated carbocycles. The van der Waals surface area contributed by atoms with Crippen LogP contribution in [0.2, 0.25) is 0 Å². The molecule has 1 aliphatic heterocycles. The Balaban J connectivity index is 1.71. The molecule has 2 aromatic heterocycles. The van der Waals surface area contributed by atoms with Gasteiger partial charge in [-0.2, -0.15) is 10.2 Å². The number of rotatable bonds is 3. The largest absolute Gasteiger partial charge is 0.378 e. The average molecular weight is 278 g/mol. The summed E-state index contributed by atoms with van der Waals surface area (Å²) in [6.07, 6.45) is 0.375. The second-order valence-electron chi connectivity index (χ2n) is 4.98. The molecule has 3 heterocycles. The van der Waals surface area contributed by atoms with E-state index < -0.39 is 0 Å². The molecule has 0 radical (unpaired) electrons. The van der Waals surface area contributed by atoms with Gasteiger partial charge in [-0.25, -0.2) is 4.68 Å². The maximum atomic E-state index is 12.1. The number of hydrogen-bond acceptors (Lipinski definition) is 5. The summed E-state index contributed by atoms with van der Waals surface area (Å²) in [6, 6.07) is 0.0668. The number of hydrogen-bond donors (Lipinski definition) is 3. The van der Waals surface area contributed by atoms with Gasteiger partial charge in [-0.3, -0.25) is 9.89 Å². The van der Waals surface area contributed by atoms with Gasteiger partial charge in [0.15, 0.2) is 5.65 Å². The van der Waals surface area contributed by atoms with E-state index in [4.69, 9.17) is 4.74 Å². The van der Waals surface area contributed by atoms with E-state index in [-0.39, 0.29) is 11.9 Å². The first-order valence-corrected chi connectivity index (χ1v) is 6.64. The molecule has 2 aromatic rings. The summed E-state index contributed by atoms with van der Waals surface area (Å²) in [4.78, 5) is 12.1. The Morgan fingerprint density at radius 1 is 1.60 bits per heavy atom. The van der Waals surface area contributed by atoms with Crippen molar-refractivity contribution in [2.75, 3.05) is 25.1 Å². The molecule has 1 amide bonds. The first kappa shape index (κ1) is 13.1. The molecule has 0 aliphatic carbocycles. The van der Waals surface area contributed by atoms with Gasteiger partial charge in [-0.1, -0.05) is 0 Å². The number of aromatic nitrogens is 4. The standard InChI is InChI=1S/C12H18N6O2/c1-7-10-11(15-16-12(10)18(2)17-7)14-9(19)5-8-6-20-4-3-13-8/h8,13H,3-6H2,1-2H3,(H2,14,15,16,19). The molecular weight excluding hydrogens is 260 g/mol. The Bertz CT molecular complexity index is 625. The van der Waals surface area contributed by atoms with E-state index in [1.54, 1.807) is 4.68 Å². The zero-order chi connectivity index (χ0) is 14.1. The Labute approximate surface area is 115 Å². The molecule has 0 bridgehead atoms. The number of nitrogens with one attached hydrogen (secondary N) is 3. The van der Waals surface area contributed by atoms with Crippen LogP contribution >= 0.6 is 0 Å². The minimum Gasteiger partial charge on any atom is -0.378 e. The van der Waals surface area contributed by atoms with Crippen LogP contribution in [0.1, 0.15) is 12.1 Å². The first-order valence-electron chi connectivity index (χ1n) is 6.64. The highest BCUT2D eigenvalue weighted by Crippen LogP contribution is 2.23. The van der Waals surface area contributed by atoms with Gasteiger partial charge in [-0.15, -0.1) is 0 Å². The zero-order valence-electron chi connectivity index (χ0n) is 11.6. The van der Waals surface area contributed by atoms with Crippen LogP contribution in [0.4, 0.5) is 5.82 Å². The number of morpholine rings is 1. The van der Waals surface area contributed by atoms with Crippen LogP contribution in [0.3, 0.4) is 0 Å². The number of carbonyl (C=O) groups is 1. The van der Waals surface area contributed by atoms with Crippen LogP contribution in [0.5, 0.6) is 0 Å². The summed E-state index contributed by atoms with van der Waals surface area (Å²) in [5.41, 5.74) is 1.57. The number of fused-ring (bicyclic) bond motifs is 1. The molecule has 1 unspecified atom stereocenters. The van der Waals surface area contributed by atoms with Crippen molar-refractivity contribution in [1.82, 2.24) is 25.3 Å². The fraction of sp³-hybridized carbons (Fsp3) is 0.583. The van der Waals surface area contributed by atoms with Gasteiger partial charge in [0, 0.05) is 26.1 Å². The lowest BCUT2D eigenvalue weighted by atomic mass is 10.2. The SMILES string of the molecule is Cc1nn(C)c2n[nH]c(NC(=O)CC3COCCN3)c12. The molecule has 8 nitrogen and oxygen atoms in total. The third-order valence-corrected chi connectivity index (χ3v) is 3.41. The lowest BCUT2D eigenvalue weighted by Crippen LogP contribution is -2.43. The highest BCUT2D eigenvalue weighted by atomic mass is 16.5. The predicted octanol–water partition coefficient (Wildman–Crippen LogP) is -0.0782. The van der Waals surface area contributed by atoms with Gasteiger partial charge in [0.2, 0.25) is 5.91 Å². The van der Waals surface area contributed by atoms with Gasteiger partial charge in [0.25, 0.3) is 0 Å². The number of aryl methyl sites for hydroxylation is 2. The Hall–Kier alpha value is -1.93. The second-order valence-corrected chi connectivity index (χ2v) is 4.98. The summed E-state index contributed by atoms with van der Waals surface area (Å²) >= 11 is 0. The molecule has 20 heavy (non-hydrogen) atoms. The van der Waals surface area contributed by atoms with E-state index >= 15 is 0 Å². The number of nitrogens with zero attached hydrogens (tertiary/aromatic N) is 3. The predicted molar refractivity (Wildman–Crippen MR) is 73.5 cm³/mol. The summed E-state index contributed by atoms with van der Waals surface area (Å²) in [7, 11) is 1.82. The van der Waals surface area contributed by atoms with Crippen molar-refractivity contribution in [3.05, 3.63) is 5.69 Å². The van der Waals surface area contributed by atoms with Crippen molar-refractivity contribution < 1.29 is 9.53 Å². The Morgan fingerprint density at radius 2 is 2.45 bits per heavy atom. The molecular formula is C12H18N6O2. The molecule has 0 aromatic carbocycles. The number of amides is 1. The van der Waals surface area contributed by atoms with Crippen LogP contribution in [0.25, 0.3) is 11.0 Å². The maximum absolute atomic E-state index is 12.1. The lowest BCUT2D eigenvalue weighted by molar-refractivity contribution is -0.117. The van der Waals surface area contributed by atoms with E-state index in [0.717, 1.165) is 23.3 Å². The van der Waals surface area contributed by atoms with E-state index in [9.17, 15) is 4.79 Å². The van der Waals surface area contributed by atoms with Crippen molar-refractivity contribution in [1.29, 1.82) is 0 Å². The summed E-state index contributed by atoms with van der Waals surface area (Å²) in [5.74, 6) is 0.536. The van der Waals surface area contributed by atoms with Crippen molar-refractivity contribution in [2.45, 2.75) is 19.4 Å². The Morgan fingerprint density at radius 3 is 3.20 bits per heavy atom. The number of ether oxygens (including phenoxy) is 1. The van der Waals surface area contributed by atoms with E-state index in [2.05, 4.69) is 25.9 Å². The molecule has 3 N–H and O–H groups in total. The van der Waals surface area contributed by atoms with Crippen LogP contribution in [0.15, 0.2) is 0 Å². The molecule has 8 heteroatoms. The topological polar surface area (TPSA) is 96.9 Å². The summed E-state index contributed by atoms with van der Waals surface area (Å²) in [5, 5.41) is 18.3. The summed E-state index contributed by atoms with van der Waals surface area (Å²) in [6.45, 7) is 3.95. The fourth-order valence-electron chi connectivity index (χ4n) is 2.49. The van der Waals surface area contributed by atoms with Crippen molar-refractivity contribution in [2.24, 2.45) is 7.05 Å². The lowest BCUT2D eigenvalue weighted by Gasteiger charge is -2.23. The average Bonchev–Trinajstić information content (AvgIpc) is 2.94. The van der Waals surface area contributed by atoms with Crippen LogP contribution in [-0.2, 0) is 16.6 Å². The van der Waals surface area contributed by atoms with Crippen molar-refractivity contribution in [3.8, 4) is 0 Å². The van der Waals surface area contributed by atoms with E-state index in [0.29, 0.717) is 25.5 Å². The van der Waals surface area contributed by atoms with Gasteiger partial charge in [-0.05, 0) is 6.92 Å². The quantitative estimate of drug-likeness (QED) is 0.730. The molecule has 1 atom stereocenters. The molecule has 1 saturated heterocycles. The smallest absolute Gasteiger partial charge is 0.227 e. The van der Waals surface area contributed by atoms with Gasteiger partial charge in [0.05, 0.1) is 24.3 Å². The van der Waals surface area contributed by atoms with Crippen molar-refractivity contribution >= 4 is 22.8 Å². The molecule has 108 valence electrons. The molecule has 1 fully saturated rings. The highest BCUT2D eigenvalue weighted by molar-refractivity contribution is 5.99. The van der Waals surface area contributed by atoms with Gasteiger partial charge in [0.1, 0.15) is 5.82 Å². The highest BCUT2D eigenvalue weighted by Gasteiger charge is 2.19. The first-order chi connectivity index (χ1) is 9.65. The van der Waals surface area contributed by atoms with Crippen LogP contribution in [-0.4, -0.2) is 51.7 Å². The van der Waals surface area contributed by atoms with Gasteiger partial charge < -0.3 is 15.4 Å². The minimum atomic E-state index is -0.0678. The third kappa shape index (κ3) is 2.39. The van der Waals surface area contributed by atoms with Crippen LogP contribution in [0, 0.1) is 6.92 Å². The summed E-state index contributed by atoms with van der Waals surface area (Å²) < 4.78 is 7.02. The number of carbonyl (C=O) groups excluding carboxylic acids is 1. The monoisotopic (exact) mass is 278 g/mol. The molecule has 3 rings (SSSR count).